The molecule has 2 unspecified atom stereocenters. The minimum atomic E-state index is -0.345. The molecule has 0 radical (unpaired) electrons. The highest BCUT2D eigenvalue weighted by molar-refractivity contribution is 5.87. The zero-order chi connectivity index (χ0) is 18.0. The standard InChI is InChI=1S/C18H29N5O2/c1-3-20-18-21-11(2)14-10-12(8-9-15(19)24)17(25)23(16(14)22-18)13-6-4-5-7-13/h12-13,16H,3-10H2,1-2H3,(H2,19,24)(H2,20,21,22). The van der Waals surface area contributed by atoms with Gasteiger partial charge in [-0.25, -0.2) is 4.99 Å². The van der Waals surface area contributed by atoms with Crippen molar-refractivity contribution < 1.29 is 9.59 Å². The van der Waals surface area contributed by atoms with Crippen LogP contribution in [-0.4, -0.2) is 41.4 Å². The van der Waals surface area contributed by atoms with Crippen molar-refractivity contribution in [2.75, 3.05) is 6.54 Å². The maximum atomic E-state index is 13.2. The van der Waals surface area contributed by atoms with Crippen LogP contribution in [0.3, 0.4) is 0 Å². The first-order valence-electron chi connectivity index (χ1n) is 9.40. The van der Waals surface area contributed by atoms with Crippen LogP contribution in [0.5, 0.6) is 0 Å². The minimum absolute atomic E-state index is 0.119. The van der Waals surface area contributed by atoms with Gasteiger partial charge in [-0.05, 0) is 45.1 Å². The van der Waals surface area contributed by atoms with Crippen molar-refractivity contribution in [3.8, 4) is 0 Å². The molecule has 0 aromatic heterocycles. The zero-order valence-corrected chi connectivity index (χ0v) is 15.2. The van der Waals surface area contributed by atoms with Gasteiger partial charge in [0.1, 0.15) is 6.17 Å². The van der Waals surface area contributed by atoms with Crippen molar-refractivity contribution in [3.05, 3.63) is 11.3 Å². The third-order valence-electron chi connectivity index (χ3n) is 5.50. The number of piperidine rings is 1. The quantitative estimate of drug-likeness (QED) is 0.696. The van der Waals surface area contributed by atoms with Gasteiger partial charge in [0.25, 0.3) is 0 Å². The third kappa shape index (κ3) is 3.65. The third-order valence-corrected chi connectivity index (χ3v) is 5.50. The summed E-state index contributed by atoms with van der Waals surface area (Å²) in [6.07, 6.45) is 5.74. The summed E-state index contributed by atoms with van der Waals surface area (Å²) in [6.45, 7) is 4.81. The second-order valence-corrected chi connectivity index (χ2v) is 7.24. The molecule has 7 heteroatoms. The highest BCUT2D eigenvalue weighted by Crippen LogP contribution is 2.38. The van der Waals surface area contributed by atoms with Crippen molar-refractivity contribution in [2.45, 2.75) is 71.0 Å². The molecule has 2 fully saturated rings. The molecular formula is C18H29N5O2. The zero-order valence-electron chi connectivity index (χ0n) is 15.2. The summed E-state index contributed by atoms with van der Waals surface area (Å²) < 4.78 is 0. The smallest absolute Gasteiger partial charge is 0.228 e. The van der Waals surface area contributed by atoms with Gasteiger partial charge in [-0.3, -0.25) is 9.59 Å². The van der Waals surface area contributed by atoms with Gasteiger partial charge >= 0.3 is 0 Å². The molecule has 0 aromatic carbocycles. The number of rotatable bonds is 5. The predicted octanol–water partition coefficient (Wildman–Crippen LogP) is 1.21. The van der Waals surface area contributed by atoms with Crippen molar-refractivity contribution in [3.63, 3.8) is 0 Å². The van der Waals surface area contributed by atoms with E-state index in [1.54, 1.807) is 0 Å². The van der Waals surface area contributed by atoms with E-state index in [4.69, 9.17) is 5.73 Å². The Morgan fingerprint density at radius 1 is 1.40 bits per heavy atom. The molecule has 0 bridgehead atoms. The molecule has 0 aromatic rings. The van der Waals surface area contributed by atoms with Crippen LogP contribution in [0.2, 0.25) is 0 Å². The number of hydrogen-bond donors (Lipinski definition) is 3. The van der Waals surface area contributed by atoms with Crippen molar-refractivity contribution in [1.82, 2.24) is 15.5 Å². The van der Waals surface area contributed by atoms with E-state index < -0.39 is 0 Å². The molecule has 0 spiro atoms. The molecule has 2 aliphatic heterocycles. The number of nitrogens with one attached hydrogen (secondary N) is 2. The molecule has 1 aliphatic carbocycles. The highest BCUT2D eigenvalue weighted by atomic mass is 16.2. The van der Waals surface area contributed by atoms with Crippen molar-refractivity contribution >= 4 is 17.8 Å². The lowest BCUT2D eigenvalue weighted by Crippen LogP contribution is -2.62. The first-order valence-corrected chi connectivity index (χ1v) is 9.40. The Morgan fingerprint density at radius 3 is 2.76 bits per heavy atom. The maximum Gasteiger partial charge on any atom is 0.228 e. The van der Waals surface area contributed by atoms with Gasteiger partial charge in [-0.1, -0.05) is 12.8 Å². The van der Waals surface area contributed by atoms with E-state index in [1.807, 2.05) is 18.7 Å². The molecule has 1 saturated carbocycles. The fourth-order valence-electron chi connectivity index (χ4n) is 4.25. The molecule has 1 saturated heterocycles. The fraction of sp³-hybridized carbons (Fsp3) is 0.722. The lowest BCUT2D eigenvalue weighted by Gasteiger charge is -2.46. The van der Waals surface area contributed by atoms with E-state index in [0.29, 0.717) is 12.8 Å². The van der Waals surface area contributed by atoms with E-state index in [-0.39, 0.29) is 36.4 Å². The molecule has 2 atom stereocenters. The van der Waals surface area contributed by atoms with Gasteiger partial charge in [0.05, 0.1) is 0 Å². The topological polar surface area (TPSA) is 99.8 Å². The van der Waals surface area contributed by atoms with Crippen molar-refractivity contribution in [1.29, 1.82) is 0 Å². The van der Waals surface area contributed by atoms with E-state index in [1.165, 1.54) is 18.4 Å². The normalized spacial score (nSPS) is 27.0. The first kappa shape index (κ1) is 17.8. The van der Waals surface area contributed by atoms with E-state index in [0.717, 1.165) is 31.0 Å². The first-order chi connectivity index (χ1) is 12.0. The van der Waals surface area contributed by atoms with Crippen molar-refractivity contribution in [2.24, 2.45) is 16.6 Å². The largest absolute Gasteiger partial charge is 0.370 e. The Labute approximate surface area is 149 Å². The number of allylic oxidation sites excluding steroid dienone is 1. The Morgan fingerprint density at radius 2 is 2.12 bits per heavy atom. The van der Waals surface area contributed by atoms with E-state index in [2.05, 4.69) is 15.6 Å². The second kappa shape index (κ2) is 7.45. The van der Waals surface area contributed by atoms with Gasteiger partial charge < -0.3 is 21.3 Å². The van der Waals surface area contributed by atoms with Crippen LogP contribution in [-0.2, 0) is 9.59 Å². The minimum Gasteiger partial charge on any atom is -0.370 e. The number of nitrogens with two attached hydrogens (primary N) is 1. The summed E-state index contributed by atoms with van der Waals surface area (Å²) in [5.74, 6) is 0.370. The van der Waals surface area contributed by atoms with Crippen LogP contribution >= 0.6 is 0 Å². The Balaban J connectivity index is 1.90. The van der Waals surface area contributed by atoms with Gasteiger partial charge in [0.2, 0.25) is 11.8 Å². The molecule has 25 heavy (non-hydrogen) atoms. The maximum absolute atomic E-state index is 13.2. The lowest BCUT2D eigenvalue weighted by atomic mass is 9.84. The molecule has 138 valence electrons. The lowest BCUT2D eigenvalue weighted by molar-refractivity contribution is -0.143. The number of hydrogen-bond acceptors (Lipinski definition) is 5. The average Bonchev–Trinajstić information content (AvgIpc) is 3.07. The Bertz CT molecular complexity index is 607. The number of nitrogens with zero attached hydrogens (tertiary/aromatic N) is 2. The molecule has 3 rings (SSSR count). The van der Waals surface area contributed by atoms with E-state index in [9.17, 15) is 9.59 Å². The van der Waals surface area contributed by atoms with Gasteiger partial charge in [0, 0.05) is 30.6 Å². The van der Waals surface area contributed by atoms with Gasteiger partial charge in [-0.15, -0.1) is 0 Å². The van der Waals surface area contributed by atoms with Crippen LogP contribution in [0.4, 0.5) is 0 Å². The van der Waals surface area contributed by atoms with Crippen LogP contribution < -0.4 is 16.4 Å². The summed E-state index contributed by atoms with van der Waals surface area (Å²) in [5, 5.41) is 6.65. The Kier molecular flexibility index (Phi) is 5.30. The average molecular weight is 347 g/mol. The van der Waals surface area contributed by atoms with Gasteiger partial charge in [-0.2, -0.15) is 0 Å². The van der Waals surface area contributed by atoms with Gasteiger partial charge in [0.15, 0.2) is 5.96 Å². The van der Waals surface area contributed by atoms with Crippen LogP contribution in [0.1, 0.15) is 58.8 Å². The summed E-state index contributed by atoms with van der Waals surface area (Å²) in [6, 6.07) is 0.269. The molecule has 7 nitrogen and oxygen atoms in total. The number of aliphatic imine (C=N–C) groups is 1. The fourth-order valence-corrected chi connectivity index (χ4v) is 4.25. The molecule has 3 aliphatic rings. The van der Waals surface area contributed by atoms with Crippen LogP contribution in [0.25, 0.3) is 0 Å². The number of guanidine groups is 1. The molecule has 2 heterocycles. The van der Waals surface area contributed by atoms with E-state index >= 15 is 0 Å². The predicted molar refractivity (Wildman–Crippen MR) is 96.4 cm³/mol. The summed E-state index contributed by atoms with van der Waals surface area (Å²) in [5.41, 5.74) is 7.44. The summed E-state index contributed by atoms with van der Waals surface area (Å²) >= 11 is 0. The Hall–Kier alpha value is -2.05. The number of amides is 2. The number of fused-ring (bicyclic) bond motifs is 1. The molecule has 2 amide bonds. The highest BCUT2D eigenvalue weighted by Gasteiger charge is 2.44. The number of carbonyl (C=O) groups excluding carboxylic acids is 2. The molecule has 4 N–H and O–H groups in total. The number of carbonyl (C=O) groups is 2. The SMILES string of the molecule is CCNC1=NC(C)=C2CC(CCC(N)=O)C(=O)N(C3CCCC3)C2N1. The second-order valence-electron chi connectivity index (χ2n) is 7.24. The number of likely N-dealkylation sites (tertiary alicyclic amines) is 1. The van der Waals surface area contributed by atoms with Crippen LogP contribution in [0, 0.1) is 5.92 Å². The summed E-state index contributed by atoms with van der Waals surface area (Å²) in [4.78, 5) is 31.0. The summed E-state index contributed by atoms with van der Waals surface area (Å²) in [7, 11) is 0. The molecular weight excluding hydrogens is 318 g/mol. The monoisotopic (exact) mass is 347 g/mol. The van der Waals surface area contributed by atoms with Crippen LogP contribution in [0.15, 0.2) is 16.3 Å². The number of primary amides is 1.